The molecule has 0 amide bonds. The molecule has 28 heavy (non-hydrogen) atoms. The van der Waals surface area contributed by atoms with Crippen molar-refractivity contribution in [3.8, 4) is 0 Å². The molecule has 0 aromatic heterocycles. The molecule has 1 aliphatic rings. The second-order valence-corrected chi connectivity index (χ2v) is 7.84. The molecule has 0 bridgehead atoms. The molecule has 1 heterocycles. The molecular weight excluding hydrogens is 360 g/mol. The third-order valence-electron chi connectivity index (χ3n) is 5.95. The van der Waals surface area contributed by atoms with Crippen LogP contribution in [0.15, 0.2) is 48.5 Å². The zero-order valence-corrected chi connectivity index (χ0v) is 16.3. The lowest BCUT2D eigenvalue weighted by Gasteiger charge is -2.37. The highest BCUT2D eigenvalue weighted by Gasteiger charge is 2.38. The summed E-state index contributed by atoms with van der Waals surface area (Å²) in [7, 11) is 0. The van der Waals surface area contributed by atoms with Crippen LogP contribution in [0.25, 0.3) is 0 Å². The summed E-state index contributed by atoms with van der Waals surface area (Å²) < 4.78 is 26.8. The number of nitrogens with zero attached hydrogens (tertiary/aromatic N) is 1. The summed E-state index contributed by atoms with van der Waals surface area (Å²) in [4.78, 5) is 2.09. The fraction of sp³-hybridized carbons (Fsp3) is 0.478. The Morgan fingerprint density at radius 2 is 1.32 bits per heavy atom. The van der Waals surface area contributed by atoms with Gasteiger partial charge in [-0.25, -0.2) is 8.78 Å². The van der Waals surface area contributed by atoms with Gasteiger partial charge in [0.2, 0.25) is 0 Å². The lowest BCUT2D eigenvalue weighted by molar-refractivity contribution is -0.0314. The van der Waals surface area contributed by atoms with Gasteiger partial charge in [-0.2, -0.15) is 0 Å². The smallest absolute Gasteiger partial charge is 0.123 e. The summed E-state index contributed by atoms with van der Waals surface area (Å²) in [6.45, 7) is 3.71. The van der Waals surface area contributed by atoms with Crippen molar-refractivity contribution in [2.24, 2.45) is 5.92 Å². The van der Waals surface area contributed by atoms with Crippen molar-refractivity contribution in [1.82, 2.24) is 4.90 Å². The second-order valence-electron chi connectivity index (χ2n) is 7.84. The lowest BCUT2D eigenvalue weighted by Crippen LogP contribution is -2.40. The monoisotopic (exact) mass is 389 g/mol. The normalized spacial score (nSPS) is 18.0. The van der Waals surface area contributed by atoms with E-state index in [1.807, 2.05) is 6.92 Å². The van der Waals surface area contributed by atoms with Crippen molar-refractivity contribution in [3.05, 3.63) is 71.3 Å². The lowest BCUT2D eigenvalue weighted by atomic mass is 9.75. The number of benzene rings is 2. The Hall–Kier alpha value is -1.82. The van der Waals surface area contributed by atoms with Crippen molar-refractivity contribution < 1.29 is 19.0 Å². The predicted octanol–water partition coefficient (Wildman–Crippen LogP) is 4.42. The first kappa shape index (κ1) is 20.9. The van der Waals surface area contributed by atoms with Crippen LogP contribution >= 0.6 is 0 Å². The van der Waals surface area contributed by atoms with Gasteiger partial charge in [0.1, 0.15) is 23.5 Å². The Morgan fingerprint density at radius 1 is 0.857 bits per heavy atom. The first-order chi connectivity index (χ1) is 13.4. The molecular formula is C23H29F2NO2. The average Bonchev–Trinajstić information content (AvgIpc) is 2.72. The Labute approximate surface area is 165 Å². The van der Waals surface area contributed by atoms with Gasteiger partial charge < -0.3 is 10.2 Å². The first-order valence-corrected chi connectivity index (χ1v) is 10.1. The molecule has 3 nitrogen and oxygen atoms in total. The third-order valence-corrected chi connectivity index (χ3v) is 5.95. The van der Waals surface area contributed by atoms with Crippen molar-refractivity contribution >= 4 is 0 Å². The van der Waals surface area contributed by atoms with E-state index in [-0.39, 0.29) is 17.6 Å². The maximum absolute atomic E-state index is 13.4. The molecule has 1 aliphatic heterocycles. The average molecular weight is 389 g/mol. The fourth-order valence-electron chi connectivity index (χ4n) is 4.15. The SMILES string of the molecule is CC(CCC(O)N1CCCCC1)C(O)(c1ccc(F)cc1)c1ccc(F)cc1. The molecule has 1 fully saturated rings. The zero-order chi connectivity index (χ0) is 20.1. The summed E-state index contributed by atoms with van der Waals surface area (Å²) in [6.07, 6.45) is 3.97. The summed E-state index contributed by atoms with van der Waals surface area (Å²) in [5.74, 6) is -1.01. The van der Waals surface area contributed by atoms with Gasteiger partial charge in [0.25, 0.3) is 0 Å². The molecule has 0 aliphatic carbocycles. The molecule has 2 unspecified atom stereocenters. The van der Waals surface area contributed by atoms with E-state index in [0.29, 0.717) is 24.0 Å². The molecule has 0 spiro atoms. The van der Waals surface area contributed by atoms with Crippen LogP contribution < -0.4 is 0 Å². The highest BCUT2D eigenvalue weighted by molar-refractivity contribution is 5.37. The van der Waals surface area contributed by atoms with Crippen LogP contribution in [0.1, 0.15) is 50.2 Å². The number of hydrogen-bond donors (Lipinski definition) is 2. The van der Waals surface area contributed by atoms with Gasteiger partial charge in [0.15, 0.2) is 0 Å². The number of piperidine rings is 1. The summed E-state index contributed by atoms with van der Waals surface area (Å²) in [5, 5.41) is 22.2. The van der Waals surface area contributed by atoms with E-state index in [4.69, 9.17) is 0 Å². The maximum Gasteiger partial charge on any atom is 0.123 e. The van der Waals surface area contributed by atoms with Gasteiger partial charge in [-0.1, -0.05) is 37.6 Å². The molecule has 5 heteroatoms. The van der Waals surface area contributed by atoms with Gasteiger partial charge in [0, 0.05) is 13.1 Å². The van der Waals surface area contributed by atoms with Gasteiger partial charge in [0.05, 0.1) is 0 Å². The topological polar surface area (TPSA) is 43.7 Å². The Balaban J connectivity index is 1.81. The Kier molecular flexibility index (Phi) is 6.81. The van der Waals surface area contributed by atoms with Gasteiger partial charge in [-0.3, -0.25) is 4.90 Å². The second kappa shape index (κ2) is 9.12. The zero-order valence-electron chi connectivity index (χ0n) is 16.3. The number of rotatable bonds is 7. The molecule has 2 aromatic carbocycles. The Morgan fingerprint density at radius 3 is 1.79 bits per heavy atom. The van der Waals surface area contributed by atoms with Crippen LogP contribution in [0.5, 0.6) is 0 Å². The van der Waals surface area contributed by atoms with E-state index in [0.717, 1.165) is 25.9 Å². The van der Waals surface area contributed by atoms with E-state index < -0.39 is 11.8 Å². The first-order valence-electron chi connectivity index (χ1n) is 10.1. The van der Waals surface area contributed by atoms with Crippen molar-refractivity contribution in [2.75, 3.05) is 13.1 Å². The van der Waals surface area contributed by atoms with Crippen LogP contribution in [-0.2, 0) is 5.60 Å². The van der Waals surface area contributed by atoms with Crippen LogP contribution in [0, 0.1) is 17.6 Å². The summed E-state index contributed by atoms with van der Waals surface area (Å²) in [5.41, 5.74) is -0.288. The maximum atomic E-state index is 13.4. The number of hydrogen-bond acceptors (Lipinski definition) is 3. The Bertz CT molecular complexity index is 697. The minimum atomic E-state index is -1.40. The fourth-order valence-corrected chi connectivity index (χ4v) is 4.15. The summed E-state index contributed by atoms with van der Waals surface area (Å²) in [6, 6.07) is 11.5. The van der Waals surface area contributed by atoms with Gasteiger partial charge in [-0.05, 0) is 67.0 Å². The van der Waals surface area contributed by atoms with Crippen LogP contribution in [-0.4, -0.2) is 34.4 Å². The summed E-state index contributed by atoms with van der Waals surface area (Å²) >= 11 is 0. The predicted molar refractivity (Wildman–Crippen MR) is 106 cm³/mol. The van der Waals surface area contributed by atoms with Gasteiger partial charge >= 0.3 is 0 Å². The molecule has 0 radical (unpaired) electrons. The van der Waals surface area contributed by atoms with E-state index in [2.05, 4.69) is 4.90 Å². The van der Waals surface area contributed by atoms with Crippen LogP contribution in [0.3, 0.4) is 0 Å². The standard InChI is InChI=1S/C23H29F2NO2/c1-17(5-14-22(27)26-15-3-2-4-16-26)23(28,18-6-10-20(24)11-7-18)19-8-12-21(25)13-9-19/h6-13,17,22,27-28H,2-5,14-16H2,1H3. The minimum absolute atomic E-state index is 0.261. The number of aliphatic hydroxyl groups is 2. The largest absolute Gasteiger partial charge is 0.380 e. The number of likely N-dealkylation sites (tertiary alicyclic amines) is 1. The van der Waals surface area contributed by atoms with Crippen molar-refractivity contribution in [3.63, 3.8) is 0 Å². The molecule has 152 valence electrons. The molecule has 0 saturated carbocycles. The van der Waals surface area contributed by atoms with Crippen molar-refractivity contribution in [1.29, 1.82) is 0 Å². The van der Waals surface area contributed by atoms with E-state index >= 15 is 0 Å². The van der Waals surface area contributed by atoms with E-state index in [9.17, 15) is 19.0 Å². The highest BCUT2D eigenvalue weighted by Crippen LogP contribution is 2.39. The van der Waals surface area contributed by atoms with Crippen molar-refractivity contribution in [2.45, 2.75) is 50.9 Å². The molecule has 3 rings (SSSR count). The minimum Gasteiger partial charge on any atom is -0.380 e. The van der Waals surface area contributed by atoms with Crippen LogP contribution in [0.4, 0.5) is 8.78 Å². The van der Waals surface area contributed by atoms with E-state index in [1.165, 1.54) is 30.7 Å². The molecule has 2 aromatic rings. The van der Waals surface area contributed by atoms with Crippen LogP contribution in [0.2, 0.25) is 0 Å². The van der Waals surface area contributed by atoms with E-state index in [1.54, 1.807) is 24.3 Å². The number of halogens is 2. The third kappa shape index (κ3) is 4.59. The molecule has 1 saturated heterocycles. The number of aliphatic hydroxyl groups excluding tert-OH is 1. The highest BCUT2D eigenvalue weighted by atomic mass is 19.1. The van der Waals surface area contributed by atoms with Gasteiger partial charge in [-0.15, -0.1) is 0 Å². The molecule has 2 atom stereocenters. The molecule has 2 N–H and O–H groups in total. The quantitative estimate of drug-likeness (QED) is 0.737.